The molecule has 0 saturated carbocycles. The van der Waals surface area contributed by atoms with Gasteiger partial charge in [-0.1, -0.05) is 0 Å². The van der Waals surface area contributed by atoms with E-state index in [0.29, 0.717) is 0 Å². The summed E-state index contributed by atoms with van der Waals surface area (Å²) in [5, 5.41) is 4.72. The molecule has 1 fully saturated rings. The van der Waals surface area contributed by atoms with Gasteiger partial charge in [-0.2, -0.15) is 9.61 Å². The first-order valence-corrected chi connectivity index (χ1v) is 7.40. The number of rotatable bonds is 2. The van der Waals surface area contributed by atoms with Crippen LogP contribution in [0.15, 0.2) is 24.5 Å². The number of anilines is 1. The van der Waals surface area contributed by atoms with Crippen molar-refractivity contribution in [2.45, 2.75) is 6.92 Å². The molecule has 1 saturated heterocycles. The smallest absolute Gasteiger partial charge is 0.160 e. The Labute approximate surface area is 128 Å². The Hall–Kier alpha value is -2.41. The fourth-order valence-corrected chi connectivity index (χ4v) is 2.82. The minimum Gasteiger partial charge on any atom is -0.378 e. The zero-order valence-electron chi connectivity index (χ0n) is 12.7. The van der Waals surface area contributed by atoms with E-state index in [0.717, 1.165) is 55.0 Å². The number of imidazole rings is 1. The molecule has 0 radical (unpaired) electrons. The maximum atomic E-state index is 5.44. The number of morpholine rings is 1. The van der Waals surface area contributed by atoms with Crippen LogP contribution in [-0.4, -0.2) is 50.5 Å². The van der Waals surface area contributed by atoms with E-state index < -0.39 is 0 Å². The topological polar surface area (TPSA) is 60.5 Å². The third-order valence-electron chi connectivity index (χ3n) is 3.92. The lowest BCUT2D eigenvalue weighted by molar-refractivity contribution is 0.122. The Morgan fingerprint density at radius 2 is 2.00 bits per heavy atom. The second-order valence-electron chi connectivity index (χ2n) is 5.52. The Morgan fingerprint density at radius 3 is 2.73 bits per heavy atom. The number of aryl methyl sites for hydroxylation is 2. The molecule has 114 valence electrons. The van der Waals surface area contributed by atoms with Crippen LogP contribution in [0.5, 0.6) is 0 Å². The molecule has 3 aromatic rings. The largest absolute Gasteiger partial charge is 0.378 e. The monoisotopic (exact) mass is 298 g/mol. The lowest BCUT2D eigenvalue weighted by Gasteiger charge is -2.29. The van der Waals surface area contributed by atoms with Crippen LogP contribution in [0.4, 0.5) is 5.82 Å². The van der Waals surface area contributed by atoms with Crippen molar-refractivity contribution < 1.29 is 4.74 Å². The maximum Gasteiger partial charge on any atom is 0.160 e. The molecule has 1 aliphatic heterocycles. The van der Waals surface area contributed by atoms with Gasteiger partial charge in [0, 0.05) is 50.4 Å². The van der Waals surface area contributed by atoms with Crippen LogP contribution in [0.1, 0.15) is 5.69 Å². The minimum absolute atomic E-state index is 0.746. The summed E-state index contributed by atoms with van der Waals surface area (Å²) in [5.74, 6) is 1.90. The fourth-order valence-electron chi connectivity index (χ4n) is 2.82. The zero-order valence-corrected chi connectivity index (χ0v) is 12.7. The first-order valence-electron chi connectivity index (χ1n) is 7.40. The molecule has 7 heteroatoms. The van der Waals surface area contributed by atoms with Crippen LogP contribution in [0.25, 0.3) is 17.2 Å². The molecule has 0 aromatic carbocycles. The Kier molecular flexibility index (Phi) is 3.07. The molecule has 3 aromatic heterocycles. The number of ether oxygens (including phenoxy) is 1. The van der Waals surface area contributed by atoms with E-state index in [-0.39, 0.29) is 0 Å². The molecular weight excluding hydrogens is 280 g/mol. The van der Waals surface area contributed by atoms with Crippen LogP contribution in [0.2, 0.25) is 0 Å². The van der Waals surface area contributed by atoms with E-state index in [4.69, 9.17) is 9.84 Å². The first kappa shape index (κ1) is 13.3. The van der Waals surface area contributed by atoms with Crippen molar-refractivity contribution in [1.82, 2.24) is 24.1 Å². The fraction of sp³-hybridized carbons (Fsp3) is 0.400. The average molecular weight is 298 g/mol. The second kappa shape index (κ2) is 5.10. The van der Waals surface area contributed by atoms with E-state index in [1.807, 2.05) is 35.3 Å². The zero-order chi connectivity index (χ0) is 15.1. The van der Waals surface area contributed by atoms with Crippen LogP contribution in [-0.2, 0) is 11.8 Å². The summed E-state index contributed by atoms with van der Waals surface area (Å²) < 4.78 is 9.31. The minimum atomic E-state index is 0.746. The van der Waals surface area contributed by atoms with Crippen molar-refractivity contribution in [3.8, 4) is 11.5 Å². The van der Waals surface area contributed by atoms with Gasteiger partial charge in [0.05, 0.1) is 13.2 Å². The predicted molar refractivity (Wildman–Crippen MR) is 83.0 cm³/mol. The third-order valence-corrected chi connectivity index (χ3v) is 3.92. The third kappa shape index (κ3) is 2.14. The molecule has 22 heavy (non-hydrogen) atoms. The molecule has 0 atom stereocenters. The van der Waals surface area contributed by atoms with Crippen molar-refractivity contribution >= 4 is 11.5 Å². The average Bonchev–Trinajstić information content (AvgIpc) is 3.12. The number of aromatic nitrogens is 5. The summed E-state index contributed by atoms with van der Waals surface area (Å²) in [5.41, 5.74) is 2.67. The molecule has 0 N–H and O–H groups in total. The van der Waals surface area contributed by atoms with Gasteiger partial charge in [0.25, 0.3) is 0 Å². The SMILES string of the molecule is Cc1cc(N2CCOCC2)n2nc(-c3nccn3C)cc2n1. The van der Waals surface area contributed by atoms with Gasteiger partial charge >= 0.3 is 0 Å². The number of fused-ring (bicyclic) bond motifs is 1. The Balaban J connectivity index is 1.86. The maximum absolute atomic E-state index is 5.44. The number of hydrogen-bond acceptors (Lipinski definition) is 5. The molecule has 0 bridgehead atoms. The van der Waals surface area contributed by atoms with E-state index in [9.17, 15) is 0 Å². The highest BCUT2D eigenvalue weighted by Crippen LogP contribution is 2.23. The highest BCUT2D eigenvalue weighted by Gasteiger charge is 2.18. The molecule has 0 unspecified atom stereocenters. The van der Waals surface area contributed by atoms with Gasteiger partial charge in [-0.3, -0.25) is 0 Å². The second-order valence-corrected chi connectivity index (χ2v) is 5.52. The van der Waals surface area contributed by atoms with Crippen LogP contribution in [0.3, 0.4) is 0 Å². The summed E-state index contributed by atoms with van der Waals surface area (Å²) >= 11 is 0. The molecule has 0 spiro atoms. The Morgan fingerprint density at radius 1 is 1.18 bits per heavy atom. The molecule has 1 aliphatic rings. The molecule has 4 heterocycles. The number of hydrogen-bond donors (Lipinski definition) is 0. The first-order chi connectivity index (χ1) is 10.7. The van der Waals surface area contributed by atoms with Gasteiger partial charge in [-0.15, -0.1) is 0 Å². The van der Waals surface area contributed by atoms with Gasteiger partial charge in [-0.25, -0.2) is 9.97 Å². The molecular formula is C15H18N6O. The van der Waals surface area contributed by atoms with E-state index in [1.54, 1.807) is 6.20 Å². The van der Waals surface area contributed by atoms with Crippen molar-refractivity contribution in [3.05, 3.63) is 30.2 Å². The predicted octanol–water partition coefficient (Wildman–Crippen LogP) is 1.27. The summed E-state index contributed by atoms with van der Waals surface area (Å²) in [4.78, 5) is 11.3. The van der Waals surface area contributed by atoms with Crippen molar-refractivity contribution in [1.29, 1.82) is 0 Å². The van der Waals surface area contributed by atoms with Gasteiger partial charge in [0.15, 0.2) is 11.5 Å². The lowest BCUT2D eigenvalue weighted by Crippen LogP contribution is -2.37. The Bertz CT molecular complexity index is 815. The quantitative estimate of drug-likeness (QED) is 0.713. The van der Waals surface area contributed by atoms with Gasteiger partial charge < -0.3 is 14.2 Å². The van der Waals surface area contributed by atoms with Gasteiger partial charge in [-0.05, 0) is 6.92 Å². The summed E-state index contributed by atoms with van der Waals surface area (Å²) in [7, 11) is 1.97. The lowest BCUT2D eigenvalue weighted by atomic mass is 10.3. The van der Waals surface area contributed by atoms with E-state index in [1.165, 1.54) is 0 Å². The normalized spacial score (nSPS) is 15.6. The molecule has 0 amide bonds. The van der Waals surface area contributed by atoms with Crippen LogP contribution < -0.4 is 4.90 Å². The molecule has 4 rings (SSSR count). The molecule has 7 nitrogen and oxygen atoms in total. The summed E-state index contributed by atoms with van der Waals surface area (Å²) in [6, 6.07) is 4.06. The van der Waals surface area contributed by atoms with Crippen LogP contribution >= 0.6 is 0 Å². The molecule has 0 aliphatic carbocycles. The highest BCUT2D eigenvalue weighted by molar-refractivity contribution is 5.61. The van der Waals surface area contributed by atoms with Crippen molar-refractivity contribution in [3.63, 3.8) is 0 Å². The highest BCUT2D eigenvalue weighted by atomic mass is 16.5. The van der Waals surface area contributed by atoms with Gasteiger partial charge in [0.1, 0.15) is 11.5 Å². The van der Waals surface area contributed by atoms with Crippen molar-refractivity contribution in [2.24, 2.45) is 7.05 Å². The van der Waals surface area contributed by atoms with Crippen molar-refractivity contribution in [2.75, 3.05) is 31.2 Å². The van der Waals surface area contributed by atoms with E-state index in [2.05, 4.69) is 20.9 Å². The van der Waals surface area contributed by atoms with Crippen LogP contribution in [0, 0.1) is 6.92 Å². The number of nitrogens with zero attached hydrogens (tertiary/aromatic N) is 6. The van der Waals surface area contributed by atoms with Gasteiger partial charge in [0.2, 0.25) is 0 Å². The summed E-state index contributed by atoms with van der Waals surface area (Å²) in [6.07, 6.45) is 3.70. The standard InChI is InChI=1S/C15H18N6O/c1-11-9-14(20-5-7-22-8-6-20)21-13(17-11)10-12(18-21)15-16-3-4-19(15)2/h3-4,9-10H,5-8H2,1-2H3. The summed E-state index contributed by atoms with van der Waals surface area (Å²) in [6.45, 7) is 5.25. The van der Waals surface area contributed by atoms with E-state index >= 15 is 0 Å².